The molecule has 0 saturated heterocycles. The molecule has 2 aromatic rings. The first-order valence-electron chi connectivity index (χ1n) is 5.31. The molecule has 0 aliphatic carbocycles. The van der Waals surface area contributed by atoms with Gasteiger partial charge in [0.1, 0.15) is 11.3 Å². The summed E-state index contributed by atoms with van der Waals surface area (Å²) in [6.07, 6.45) is 2.38. The number of rotatable bonds is 4. The van der Waals surface area contributed by atoms with E-state index >= 15 is 0 Å². The van der Waals surface area contributed by atoms with Crippen molar-refractivity contribution < 1.29 is 13.5 Å². The van der Waals surface area contributed by atoms with Crippen LogP contribution in [0, 0.1) is 0 Å². The molecule has 6 heteroatoms. The fourth-order valence-corrected chi connectivity index (χ4v) is 2.55. The first-order chi connectivity index (χ1) is 8.02. The largest absolute Gasteiger partial charge is 0.396 e. The average molecular weight is 254 g/mol. The second-order valence-electron chi connectivity index (χ2n) is 3.94. The van der Waals surface area contributed by atoms with E-state index in [1.54, 1.807) is 18.2 Å². The number of benzene rings is 1. The Labute approximate surface area is 99.4 Å². The van der Waals surface area contributed by atoms with E-state index in [0.29, 0.717) is 29.7 Å². The monoisotopic (exact) mass is 254 g/mol. The summed E-state index contributed by atoms with van der Waals surface area (Å²) >= 11 is 0. The van der Waals surface area contributed by atoms with Crippen molar-refractivity contribution in [2.24, 2.45) is 0 Å². The topological polar surface area (TPSA) is 83.0 Å². The molecule has 0 bridgehead atoms. The Hall–Kier alpha value is -1.40. The van der Waals surface area contributed by atoms with Gasteiger partial charge in [0.15, 0.2) is 9.84 Å². The lowest BCUT2D eigenvalue weighted by molar-refractivity contribution is 0.287. The van der Waals surface area contributed by atoms with Crippen molar-refractivity contribution in [3.05, 3.63) is 24.0 Å². The van der Waals surface area contributed by atoms with E-state index in [4.69, 9.17) is 5.11 Å². The van der Waals surface area contributed by atoms with E-state index in [9.17, 15) is 8.42 Å². The number of nitrogens with one attached hydrogen (secondary N) is 1. The molecule has 0 spiro atoms. The molecule has 1 aromatic heterocycles. The molecule has 0 unspecified atom stereocenters. The van der Waals surface area contributed by atoms with Crippen LogP contribution in [0.15, 0.2) is 23.1 Å². The fraction of sp³-hybridized carbons (Fsp3) is 0.364. The van der Waals surface area contributed by atoms with Crippen LogP contribution in [0.4, 0.5) is 0 Å². The maximum atomic E-state index is 11.6. The third kappa shape index (κ3) is 2.48. The van der Waals surface area contributed by atoms with Crippen LogP contribution in [0.2, 0.25) is 0 Å². The molecule has 0 amide bonds. The van der Waals surface area contributed by atoms with Crippen LogP contribution in [0.5, 0.6) is 0 Å². The number of hydrogen-bond acceptors (Lipinski definition) is 4. The maximum Gasteiger partial charge on any atom is 0.177 e. The van der Waals surface area contributed by atoms with E-state index in [-0.39, 0.29) is 11.5 Å². The predicted octanol–water partition coefficient (Wildman–Crippen LogP) is 0.891. The first-order valence-corrected chi connectivity index (χ1v) is 7.20. The summed E-state index contributed by atoms with van der Waals surface area (Å²) in [6, 6.07) is 5.03. The molecule has 0 fully saturated rings. The zero-order valence-electron chi connectivity index (χ0n) is 9.47. The molecule has 5 nitrogen and oxygen atoms in total. The highest BCUT2D eigenvalue weighted by Crippen LogP contribution is 2.21. The van der Waals surface area contributed by atoms with Gasteiger partial charge < -0.3 is 10.1 Å². The molecule has 17 heavy (non-hydrogen) atoms. The Morgan fingerprint density at radius 1 is 1.41 bits per heavy atom. The van der Waals surface area contributed by atoms with Crippen molar-refractivity contribution in [1.29, 1.82) is 0 Å². The molecule has 0 aliphatic rings. The summed E-state index contributed by atoms with van der Waals surface area (Å²) in [5.41, 5.74) is 1.18. The van der Waals surface area contributed by atoms with Crippen molar-refractivity contribution in [3.63, 3.8) is 0 Å². The Morgan fingerprint density at radius 3 is 2.82 bits per heavy atom. The number of imidazole rings is 1. The van der Waals surface area contributed by atoms with Crippen molar-refractivity contribution in [3.8, 4) is 0 Å². The van der Waals surface area contributed by atoms with Crippen LogP contribution in [0.1, 0.15) is 12.2 Å². The summed E-state index contributed by atoms with van der Waals surface area (Å²) in [5.74, 6) is 0.699. The highest BCUT2D eigenvalue weighted by molar-refractivity contribution is 7.91. The van der Waals surface area contributed by atoms with Crippen LogP contribution in [0.3, 0.4) is 0 Å². The van der Waals surface area contributed by atoms with Gasteiger partial charge in [-0.1, -0.05) is 6.07 Å². The molecule has 1 heterocycles. The number of nitrogens with zero attached hydrogens (tertiary/aromatic N) is 1. The molecule has 0 saturated carbocycles. The van der Waals surface area contributed by atoms with Gasteiger partial charge in [0.2, 0.25) is 0 Å². The van der Waals surface area contributed by atoms with Gasteiger partial charge in [-0.2, -0.15) is 0 Å². The van der Waals surface area contributed by atoms with E-state index in [2.05, 4.69) is 9.97 Å². The molecule has 1 aromatic carbocycles. The van der Waals surface area contributed by atoms with Gasteiger partial charge in [-0.05, 0) is 18.6 Å². The average Bonchev–Trinajstić information content (AvgIpc) is 2.66. The standard InChI is InChI=1S/C11H14N2O3S/c1-17(15,16)9-5-2-4-8-11(9)13-10(12-8)6-3-7-14/h2,4-5,14H,3,6-7H2,1H3,(H,12,13). The Morgan fingerprint density at radius 2 is 2.18 bits per heavy atom. The van der Waals surface area contributed by atoms with Crippen LogP contribution >= 0.6 is 0 Å². The van der Waals surface area contributed by atoms with Crippen molar-refractivity contribution in [2.75, 3.05) is 12.9 Å². The molecule has 2 N–H and O–H groups in total. The number of H-pyrrole nitrogens is 1. The lowest BCUT2D eigenvalue weighted by atomic mass is 10.3. The second kappa shape index (κ2) is 4.46. The van der Waals surface area contributed by atoms with E-state index in [0.717, 1.165) is 0 Å². The van der Waals surface area contributed by atoms with Gasteiger partial charge >= 0.3 is 0 Å². The number of para-hydroxylation sites is 1. The van der Waals surface area contributed by atoms with Crippen LogP contribution in [0.25, 0.3) is 11.0 Å². The first kappa shape index (κ1) is 12.1. The van der Waals surface area contributed by atoms with Gasteiger partial charge in [0.25, 0.3) is 0 Å². The van der Waals surface area contributed by atoms with Gasteiger partial charge in [0.05, 0.1) is 10.4 Å². The number of fused-ring (bicyclic) bond motifs is 1. The Kier molecular flexibility index (Phi) is 3.17. The normalized spacial score (nSPS) is 12.1. The lowest BCUT2D eigenvalue weighted by Crippen LogP contribution is -1.98. The molecule has 0 atom stereocenters. The van der Waals surface area contributed by atoms with Crippen LogP contribution in [-0.2, 0) is 16.3 Å². The van der Waals surface area contributed by atoms with E-state index < -0.39 is 9.84 Å². The number of aryl methyl sites for hydroxylation is 1. The molecule has 2 rings (SSSR count). The summed E-state index contributed by atoms with van der Waals surface area (Å²) in [6.45, 7) is 0.0932. The summed E-state index contributed by atoms with van der Waals surface area (Å²) in [4.78, 5) is 7.56. The summed E-state index contributed by atoms with van der Waals surface area (Å²) < 4.78 is 23.2. The van der Waals surface area contributed by atoms with E-state index in [1.807, 2.05) is 0 Å². The summed E-state index contributed by atoms with van der Waals surface area (Å²) in [5, 5.41) is 8.75. The minimum Gasteiger partial charge on any atom is -0.396 e. The molecule has 92 valence electrons. The number of aliphatic hydroxyl groups excluding tert-OH is 1. The Bertz CT molecular complexity index is 631. The van der Waals surface area contributed by atoms with E-state index in [1.165, 1.54) is 6.26 Å². The summed E-state index contributed by atoms with van der Waals surface area (Å²) in [7, 11) is -3.27. The highest BCUT2D eigenvalue weighted by Gasteiger charge is 2.14. The zero-order chi connectivity index (χ0) is 12.5. The number of hydrogen-bond donors (Lipinski definition) is 2. The molecular formula is C11H14N2O3S. The van der Waals surface area contributed by atoms with Crippen molar-refractivity contribution in [1.82, 2.24) is 9.97 Å². The smallest absolute Gasteiger partial charge is 0.177 e. The van der Waals surface area contributed by atoms with Crippen molar-refractivity contribution >= 4 is 20.9 Å². The van der Waals surface area contributed by atoms with Gasteiger partial charge in [-0.25, -0.2) is 13.4 Å². The third-order valence-corrected chi connectivity index (χ3v) is 3.62. The number of sulfone groups is 1. The van der Waals surface area contributed by atoms with Gasteiger partial charge in [-0.15, -0.1) is 0 Å². The predicted molar refractivity (Wildman–Crippen MR) is 64.6 cm³/mol. The van der Waals surface area contributed by atoms with Crippen molar-refractivity contribution in [2.45, 2.75) is 17.7 Å². The molecule has 0 aliphatic heterocycles. The van der Waals surface area contributed by atoms with Crippen LogP contribution in [-0.4, -0.2) is 36.4 Å². The maximum absolute atomic E-state index is 11.6. The third-order valence-electron chi connectivity index (χ3n) is 2.50. The zero-order valence-corrected chi connectivity index (χ0v) is 10.3. The Balaban J connectivity index is 2.53. The SMILES string of the molecule is CS(=O)(=O)c1cccc2[nH]c(CCCO)nc12. The van der Waals surface area contributed by atoms with Gasteiger partial charge in [0, 0.05) is 19.3 Å². The highest BCUT2D eigenvalue weighted by atomic mass is 32.2. The lowest BCUT2D eigenvalue weighted by Gasteiger charge is -1.97. The van der Waals surface area contributed by atoms with Gasteiger partial charge in [-0.3, -0.25) is 0 Å². The number of aromatic nitrogens is 2. The quantitative estimate of drug-likeness (QED) is 0.848. The molecular weight excluding hydrogens is 240 g/mol. The number of aromatic amines is 1. The molecule has 0 radical (unpaired) electrons. The van der Waals surface area contributed by atoms with Crippen LogP contribution < -0.4 is 0 Å². The minimum absolute atomic E-state index is 0.0932. The number of aliphatic hydroxyl groups is 1. The fourth-order valence-electron chi connectivity index (χ4n) is 1.72. The second-order valence-corrected chi connectivity index (χ2v) is 5.92. The minimum atomic E-state index is -3.27.